The SMILES string of the molecule is CC(C)N1C(=O)c2ccccc2CC(=O)N1C. The van der Waals surface area contributed by atoms with Gasteiger partial charge in [0, 0.05) is 18.7 Å². The molecule has 1 aliphatic rings. The number of carbonyl (C=O) groups is 2. The monoisotopic (exact) mass is 232 g/mol. The minimum atomic E-state index is -0.107. The van der Waals surface area contributed by atoms with Crippen LogP contribution in [0.1, 0.15) is 29.8 Å². The van der Waals surface area contributed by atoms with E-state index in [0.29, 0.717) is 5.56 Å². The molecule has 0 N–H and O–H groups in total. The Morgan fingerprint density at radius 2 is 1.82 bits per heavy atom. The molecule has 0 bridgehead atoms. The average molecular weight is 232 g/mol. The van der Waals surface area contributed by atoms with E-state index in [1.807, 2.05) is 32.0 Å². The first-order valence-electron chi connectivity index (χ1n) is 5.70. The number of hydrogen-bond donors (Lipinski definition) is 0. The lowest BCUT2D eigenvalue weighted by molar-refractivity contribution is -0.142. The van der Waals surface area contributed by atoms with Gasteiger partial charge in [0.15, 0.2) is 0 Å². The zero-order chi connectivity index (χ0) is 12.6. The summed E-state index contributed by atoms with van der Waals surface area (Å²) in [7, 11) is 1.64. The maximum Gasteiger partial charge on any atom is 0.272 e. The van der Waals surface area contributed by atoms with Gasteiger partial charge in [0.2, 0.25) is 5.91 Å². The molecule has 0 spiro atoms. The van der Waals surface area contributed by atoms with E-state index in [1.54, 1.807) is 13.1 Å². The van der Waals surface area contributed by atoms with Crippen LogP contribution in [-0.2, 0) is 11.2 Å². The molecule has 0 fully saturated rings. The number of hydrogen-bond acceptors (Lipinski definition) is 2. The summed E-state index contributed by atoms with van der Waals surface area (Å²) in [4.78, 5) is 24.3. The standard InChI is InChI=1S/C13H16N2O2/c1-9(2)15-13(17)11-7-5-4-6-10(11)8-12(16)14(15)3/h4-7,9H,8H2,1-3H3. The Morgan fingerprint density at radius 1 is 1.18 bits per heavy atom. The molecule has 0 radical (unpaired) electrons. The van der Waals surface area contributed by atoms with E-state index in [1.165, 1.54) is 10.0 Å². The van der Waals surface area contributed by atoms with Crippen LogP contribution in [0.15, 0.2) is 24.3 Å². The summed E-state index contributed by atoms with van der Waals surface area (Å²) in [6.45, 7) is 3.80. The molecule has 0 atom stereocenters. The third-order valence-electron chi connectivity index (χ3n) is 2.97. The van der Waals surface area contributed by atoms with Crippen LogP contribution in [0.5, 0.6) is 0 Å². The van der Waals surface area contributed by atoms with E-state index in [9.17, 15) is 9.59 Å². The smallest absolute Gasteiger partial charge is 0.272 e. The van der Waals surface area contributed by atoms with Crippen molar-refractivity contribution in [3.8, 4) is 0 Å². The summed E-state index contributed by atoms with van der Waals surface area (Å²) in [5, 5.41) is 2.93. The highest BCUT2D eigenvalue weighted by molar-refractivity contribution is 6.00. The quantitative estimate of drug-likeness (QED) is 0.735. The van der Waals surface area contributed by atoms with Crippen molar-refractivity contribution in [1.82, 2.24) is 10.0 Å². The maximum absolute atomic E-state index is 12.4. The highest BCUT2D eigenvalue weighted by atomic mass is 16.2. The fourth-order valence-electron chi connectivity index (χ4n) is 2.12. The van der Waals surface area contributed by atoms with Gasteiger partial charge in [-0.05, 0) is 25.5 Å². The minimum Gasteiger partial charge on any atom is -0.273 e. The molecule has 0 saturated carbocycles. The van der Waals surface area contributed by atoms with Crippen molar-refractivity contribution in [1.29, 1.82) is 0 Å². The lowest BCUT2D eigenvalue weighted by atomic mass is 10.0. The Hall–Kier alpha value is -1.84. The summed E-state index contributed by atoms with van der Waals surface area (Å²) in [5.41, 5.74) is 1.43. The fraction of sp³-hybridized carbons (Fsp3) is 0.385. The molecule has 1 aliphatic heterocycles. The molecule has 2 amide bonds. The van der Waals surface area contributed by atoms with Crippen LogP contribution in [0.25, 0.3) is 0 Å². The van der Waals surface area contributed by atoms with Gasteiger partial charge < -0.3 is 0 Å². The molecular weight excluding hydrogens is 216 g/mol. The number of likely N-dealkylation sites (N-methyl/N-ethyl adjacent to an activating group) is 1. The molecule has 1 heterocycles. The van der Waals surface area contributed by atoms with Crippen LogP contribution in [0.4, 0.5) is 0 Å². The Balaban J connectivity index is 2.53. The van der Waals surface area contributed by atoms with Crippen LogP contribution in [0.3, 0.4) is 0 Å². The Labute approximate surface area is 101 Å². The van der Waals surface area contributed by atoms with Crippen molar-refractivity contribution >= 4 is 11.8 Å². The van der Waals surface area contributed by atoms with Crippen LogP contribution in [0.2, 0.25) is 0 Å². The second kappa shape index (κ2) is 4.20. The average Bonchev–Trinajstić information content (AvgIpc) is 2.37. The van der Waals surface area contributed by atoms with Gasteiger partial charge in [-0.2, -0.15) is 0 Å². The normalized spacial score (nSPS) is 16.2. The second-order valence-electron chi connectivity index (χ2n) is 4.49. The fourth-order valence-corrected chi connectivity index (χ4v) is 2.12. The van der Waals surface area contributed by atoms with Crippen molar-refractivity contribution in [2.45, 2.75) is 26.3 Å². The summed E-state index contributed by atoms with van der Waals surface area (Å²) >= 11 is 0. The third kappa shape index (κ3) is 1.90. The molecule has 1 aromatic rings. The van der Waals surface area contributed by atoms with Crippen molar-refractivity contribution in [3.63, 3.8) is 0 Å². The molecule has 0 unspecified atom stereocenters. The molecule has 4 nitrogen and oxygen atoms in total. The topological polar surface area (TPSA) is 40.6 Å². The highest BCUT2D eigenvalue weighted by Gasteiger charge is 2.31. The molecule has 2 rings (SSSR count). The lowest BCUT2D eigenvalue weighted by Gasteiger charge is -2.33. The van der Waals surface area contributed by atoms with Gasteiger partial charge in [0.1, 0.15) is 0 Å². The van der Waals surface area contributed by atoms with Crippen LogP contribution >= 0.6 is 0 Å². The van der Waals surface area contributed by atoms with E-state index in [2.05, 4.69) is 0 Å². The Morgan fingerprint density at radius 3 is 2.47 bits per heavy atom. The molecule has 0 aliphatic carbocycles. The Bertz CT molecular complexity index is 468. The summed E-state index contributed by atoms with van der Waals surface area (Å²) in [5.74, 6) is -0.166. The molecule has 0 saturated heterocycles. The molecule has 1 aromatic carbocycles. The van der Waals surface area contributed by atoms with E-state index in [-0.39, 0.29) is 24.3 Å². The van der Waals surface area contributed by atoms with E-state index in [0.717, 1.165) is 5.56 Å². The first-order valence-corrected chi connectivity index (χ1v) is 5.70. The third-order valence-corrected chi connectivity index (χ3v) is 2.97. The number of amides is 2. The van der Waals surface area contributed by atoms with Crippen LogP contribution in [0, 0.1) is 0 Å². The van der Waals surface area contributed by atoms with Gasteiger partial charge >= 0.3 is 0 Å². The van der Waals surface area contributed by atoms with Gasteiger partial charge in [-0.25, -0.2) is 5.01 Å². The minimum absolute atomic E-state index is 0.0393. The molecule has 90 valence electrons. The van der Waals surface area contributed by atoms with Gasteiger partial charge in [-0.3, -0.25) is 14.6 Å². The summed E-state index contributed by atoms with van der Waals surface area (Å²) in [6, 6.07) is 7.25. The highest BCUT2D eigenvalue weighted by Crippen LogP contribution is 2.20. The van der Waals surface area contributed by atoms with Gasteiger partial charge in [0.05, 0.1) is 6.42 Å². The number of benzene rings is 1. The first-order chi connectivity index (χ1) is 8.02. The van der Waals surface area contributed by atoms with Gasteiger partial charge in [0.25, 0.3) is 5.91 Å². The lowest BCUT2D eigenvalue weighted by Crippen LogP contribution is -2.49. The Kier molecular flexibility index (Phi) is 2.88. The first kappa shape index (κ1) is 11.6. The summed E-state index contributed by atoms with van der Waals surface area (Å²) in [6.07, 6.45) is 0.279. The molecule has 0 aromatic heterocycles. The maximum atomic E-state index is 12.4. The number of nitrogens with zero attached hydrogens (tertiary/aromatic N) is 2. The largest absolute Gasteiger partial charge is 0.273 e. The van der Waals surface area contributed by atoms with Gasteiger partial charge in [-0.15, -0.1) is 0 Å². The zero-order valence-electron chi connectivity index (χ0n) is 10.3. The second-order valence-corrected chi connectivity index (χ2v) is 4.49. The number of rotatable bonds is 1. The van der Waals surface area contributed by atoms with Crippen molar-refractivity contribution in [2.24, 2.45) is 0 Å². The van der Waals surface area contributed by atoms with Gasteiger partial charge in [-0.1, -0.05) is 18.2 Å². The predicted molar refractivity (Wildman–Crippen MR) is 64.2 cm³/mol. The van der Waals surface area contributed by atoms with Crippen molar-refractivity contribution in [2.75, 3.05) is 7.05 Å². The number of fused-ring (bicyclic) bond motifs is 1. The van der Waals surface area contributed by atoms with Crippen molar-refractivity contribution < 1.29 is 9.59 Å². The number of hydrazine groups is 1. The van der Waals surface area contributed by atoms with E-state index in [4.69, 9.17) is 0 Å². The van der Waals surface area contributed by atoms with Crippen molar-refractivity contribution in [3.05, 3.63) is 35.4 Å². The molecule has 17 heavy (non-hydrogen) atoms. The van der Waals surface area contributed by atoms with Crippen LogP contribution in [-0.4, -0.2) is 34.9 Å². The molecule has 4 heteroatoms. The van der Waals surface area contributed by atoms with E-state index < -0.39 is 0 Å². The number of carbonyl (C=O) groups excluding carboxylic acids is 2. The molecular formula is C13H16N2O2. The summed E-state index contributed by atoms with van der Waals surface area (Å²) < 4.78 is 0. The zero-order valence-corrected chi connectivity index (χ0v) is 10.3. The van der Waals surface area contributed by atoms with Crippen LogP contribution < -0.4 is 0 Å². The predicted octanol–water partition coefficient (Wildman–Crippen LogP) is 1.47. The van der Waals surface area contributed by atoms with E-state index >= 15 is 0 Å².